The fourth-order valence-corrected chi connectivity index (χ4v) is 1.74. The van der Waals surface area contributed by atoms with Crippen molar-refractivity contribution < 1.29 is 4.39 Å². The van der Waals surface area contributed by atoms with Gasteiger partial charge in [-0.3, -0.25) is 4.98 Å². The second kappa shape index (κ2) is 6.10. The highest BCUT2D eigenvalue weighted by Gasteiger charge is 2.07. The van der Waals surface area contributed by atoms with Crippen LogP contribution >= 0.6 is 0 Å². The highest BCUT2D eigenvalue weighted by Crippen LogP contribution is 2.16. The Morgan fingerprint density at radius 1 is 1.21 bits per heavy atom. The van der Waals surface area contributed by atoms with Gasteiger partial charge in [0.1, 0.15) is 5.82 Å². The van der Waals surface area contributed by atoms with Gasteiger partial charge in [0.15, 0.2) is 5.82 Å². The maximum Gasteiger partial charge on any atom is 0.158 e. The molecule has 0 aliphatic heterocycles. The van der Waals surface area contributed by atoms with Gasteiger partial charge in [-0.1, -0.05) is 0 Å². The van der Waals surface area contributed by atoms with E-state index in [1.807, 2.05) is 6.92 Å². The average molecular weight is 261 g/mol. The van der Waals surface area contributed by atoms with Crippen LogP contribution < -0.4 is 16.2 Å². The molecule has 0 amide bonds. The Hall–Kier alpha value is -2.21. The Balaban J connectivity index is 2.11. The van der Waals surface area contributed by atoms with Crippen molar-refractivity contribution in [1.82, 2.24) is 9.97 Å². The predicted octanol–water partition coefficient (Wildman–Crippen LogP) is 1.93. The normalized spacial score (nSPS) is 10.3. The summed E-state index contributed by atoms with van der Waals surface area (Å²) in [5.74, 6) is 5.52. The Kier molecular flexibility index (Phi) is 4.25. The first kappa shape index (κ1) is 13.2. The van der Waals surface area contributed by atoms with Crippen LogP contribution in [0.4, 0.5) is 15.9 Å². The molecule has 0 radical (unpaired) electrons. The van der Waals surface area contributed by atoms with Gasteiger partial charge < -0.3 is 10.3 Å². The lowest BCUT2D eigenvalue weighted by Crippen LogP contribution is -2.22. The molecule has 0 fully saturated rings. The minimum Gasteiger partial charge on any atom is -0.366 e. The van der Waals surface area contributed by atoms with E-state index in [2.05, 4.69) is 20.3 Å². The number of aromatic nitrogens is 2. The monoisotopic (exact) mass is 261 g/mol. The van der Waals surface area contributed by atoms with Crippen molar-refractivity contribution in [2.75, 3.05) is 16.9 Å². The molecule has 5 nitrogen and oxygen atoms in total. The van der Waals surface area contributed by atoms with Crippen molar-refractivity contribution >= 4 is 11.5 Å². The van der Waals surface area contributed by atoms with Crippen molar-refractivity contribution in [3.8, 4) is 0 Å². The Bertz CT molecular complexity index is 512. The van der Waals surface area contributed by atoms with Crippen LogP contribution in [0.25, 0.3) is 0 Å². The molecule has 1 aromatic carbocycles. The van der Waals surface area contributed by atoms with E-state index in [1.165, 1.54) is 12.1 Å². The van der Waals surface area contributed by atoms with E-state index in [4.69, 9.17) is 5.84 Å². The van der Waals surface area contributed by atoms with Gasteiger partial charge in [-0.05, 0) is 31.2 Å². The van der Waals surface area contributed by atoms with E-state index in [0.717, 1.165) is 17.9 Å². The molecule has 0 saturated carbocycles. The number of nitrogen functional groups attached to an aromatic ring is 1. The second-order valence-electron chi connectivity index (χ2n) is 4.03. The highest BCUT2D eigenvalue weighted by molar-refractivity contribution is 5.46. The Morgan fingerprint density at radius 3 is 2.47 bits per heavy atom. The van der Waals surface area contributed by atoms with E-state index in [1.54, 1.807) is 24.5 Å². The molecule has 0 atom stereocenters. The molecule has 2 rings (SSSR count). The van der Waals surface area contributed by atoms with Crippen molar-refractivity contribution in [3.05, 3.63) is 48.2 Å². The van der Waals surface area contributed by atoms with Gasteiger partial charge in [0, 0.05) is 12.2 Å². The Morgan fingerprint density at radius 2 is 1.95 bits per heavy atom. The maximum atomic E-state index is 12.9. The minimum atomic E-state index is -0.238. The fraction of sp³-hybridized carbons (Fsp3) is 0.231. The highest BCUT2D eigenvalue weighted by atomic mass is 19.1. The van der Waals surface area contributed by atoms with Crippen LogP contribution in [0.3, 0.4) is 0 Å². The van der Waals surface area contributed by atoms with Crippen LogP contribution in [0.2, 0.25) is 0 Å². The average Bonchev–Trinajstić information content (AvgIpc) is 2.46. The van der Waals surface area contributed by atoms with Crippen LogP contribution in [0.1, 0.15) is 12.6 Å². The molecule has 0 unspecified atom stereocenters. The number of nitrogens with zero attached hydrogens (tertiary/aromatic N) is 3. The van der Waals surface area contributed by atoms with Crippen molar-refractivity contribution in [2.45, 2.75) is 13.5 Å². The number of nitrogens with one attached hydrogen (secondary N) is 1. The minimum absolute atomic E-state index is 0.238. The fourth-order valence-electron chi connectivity index (χ4n) is 1.74. The number of hydrogen-bond acceptors (Lipinski definition) is 5. The summed E-state index contributed by atoms with van der Waals surface area (Å²) in [7, 11) is 0. The first-order valence-corrected chi connectivity index (χ1v) is 6.01. The van der Waals surface area contributed by atoms with E-state index in [-0.39, 0.29) is 5.82 Å². The van der Waals surface area contributed by atoms with Crippen molar-refractivity contribution in [3.63, 3.8) is 0 Å². The molecule has 0 saturated heterocycles. The molecule has 0 spiro atoms. The summed E-state index contributed by atoms with van der Waals surface area (Å²) >= 11 is 0. The van der Waals surface area contributed by atoms with Crippen molar-refractivity contribution in [1.29, 1.82) is 0 Å². The molecular formula is C13H16FN5. The molecule has 6 heteroatoms. The molecule has 1 heterocycles. The molecule has 0 aliphatic carbocycles. The Labute approximate surface area is 111 Å². The zero-order valence-corrected chi connectivity index (χ0v) is 10.7. The number of anilines is 2. The van der Waals surface area contributed by atoms with Gasteiger partial charge >= 0.3 is 0 Å². The molecule has 3 N–H and O–H groups in total. The smallest absolute Gasteiger partial charge is 0.158 e. The zero-order chi connectivity index (χ0) is 13.7. The summed E-state index contributed by atoms with van der Waals surface area (Å²) in [4.78, 5) is 10.4. The van der Waals surface area contributed by atoms with Crippen LogP contribution in [0.15, 0.2) is 36.7 Å². The number of hydrazine groups is 1. The maximum absolute atomic E-state index is 12.9. The largest absolute Gasteiger partial charge is 0.366 e. The molecule has 0 bridgehead atoms. The molecule has 1 aromatic heterocycles. The molecule has 2 aromatic rings. The van der Waals surface area contributed by atoms with Gasteiger partial charge in [0.05, 0.1) is 24.6 Å². The summed E-state index contributed by atoms with van der Waals surface area (Å²) in [6.45, 7) is 3.44. The number of rotatable bonds is 5. The van der Waals surface area contributed by atoms with Gasteiger partial charge in [0.2, 0.25) is 0 Å². The summed E-state index contributed by atoms with van der Waals surface area (Å²) in [5, 5.41) is 0. The van der Waals surface area contributed by atoms with Gasteiger partial charge in [-0.25, -0.2) is 15.2 Å². The first-order chi connectivity index (χ1) is 9.22. The lowest BCUT2D eigenvalue weighted by Gasteiger charge is -2.22. The zero-order valence-electron chi connectivity index (χ0n) is 10.7. The van der Waals surface area contributed by atoms with Crippen LogP contribution in [-0.2, 0) is 6.54 Å². The SMILES string of the molecule is CCN(Cc1cnc(NN)cn1)c1ccc(F)cc1. The van der Waals surface area contributed by atoms with E-state index >= 15 is 0 Å². The second-order valence-corrected chi connectivity index (χ2v) is 4.03. The van der Waals surface area contributed by atoms with E-state index in [9.17, 15) is 4.39 Å². The molecule has 100 valence electrons. The summed E-state index contributed by atoms with van der Waals surface area (Å²) in [6.07, 6.45) is 3.25. The quantitative estimate of drug-likeness (QED) is 0.636. The van der Waals surface area contributed by atoms with E-state index < -0.39 is 0 Å². The lowest BCUT2D eigenvalue weighted by atomic mass is 10.2. The standard InChI is InChI=1S/C13H16FN5/c1-2-19(12-5-3-10(14)4-6-12)9-11-7-17-13(18-15)8-16-11/h3-8H,2,9,15H2,1H3,(H,17,18). The van der Waals surface area contributed by atoms with Gasteiger partial charge in [0.25, 0.3) is 0 Å². The third-order valence-corrected chi connectivity index (χ3v) is 2.78. The van der Waals surface area contributed by atoms with Crippen LogP contribution in [0.5, 0.6) is 0 Å². The summed E-state index contributed by atoms with van der Waals surface area (Å²) in [6, 6.07) is 6.40. The summed E-state index contributed by atoms with van der Waals surface area (Å²) < 4.78 is 12.9. The first-order valence-electron chi connectivity index (χ1n) is 6.01. The third-order valence-electron chi connectivity index (χ3n) is 2.78. The topological polar surface area (TPSA) is 67.1 Å². The molecule has 19 heavy (non-hydrogen) atoms. The lowest BCUT2D eigenvalue weighted by molar-refractivity contribution is 0.627. The summed E-state index contributed by atoms with van der Waals surface area (Å²) in [5.41, 5.74) is 4.21. The molecule has 0 aliphatic rings. The molecular weight excluding hydrogens is 245 g/mol. The number of hydrogen-bond donors (Lipinski definition) is 2. The van der Waals surface area contributed by atoms with Crippen LogP contribution in [0, 0.1) is 5.82 Å². The van der Waals surface area contributed by atoms with Gasteiger partial charge in [-0.15, -0.1) is 0 Å². The van der Waals surface area contributed by atoms with Crippen molar-refractivity contribution in [2.24, 2.45) is 5.84 Å². The number of halogens is 1. The van der Waals surface area contributed by atoms with Crippen LogP contribution in [-0.4, -0.2) is 16.5 Å². The third kappa shape index (κ3) is 3.38. The number of benzene rings is 1. The predicted molar refractivity (Wildman–Crippen MR) is 73.0 cm³/mol. The van der Waals surface area contributed by atoms with E-state index in [0.29, 0.717) is 12.4 Å². The number of nitrogens with two attached hydrogens (primary N) is 1. The van der Waals surface area contributed by atoms with Gasteiger partial charge in [-0.2, -0.15) is 0 Å².